The van der Waals surface area contributed by atoms with E-state index in [0.717, 1.165) is 16.8 Å². The first kappa shape index (κ1) is 16.1. The molecule has 1 atom stereocenters. The summed E-state index contributed by atoms with van der Waals surface area (Å²) in [6.07, 6.45) is 2.11. The quantitative estimate of drug-likeness (QED) is 0.780. The average molecular weight is 349 g/mol. The van der Waals surface area contributed by atoms with E-state index in [1.807, 2.05) is 18.2 Å². The fraction of sp³-hybridized carbons (Fsp3) is 0.211. The van der Waals surface area contributed by atoms with E-state index in [1.54, 1.807) is 18.9 Å². The average Bonchev–Trinajstić information content (AvgIpc) is 3.16. The van der Waals surface area contributed by atoms with Crippen molar-refractivity contribution in [2.45, 2.75) is 13.0 Å². The van der Waals surface area contributed by atoms with Crippen LogP contribution >= 0.6 is 0 Å². The Balaban J connectivity index is 1.78. The maximum Gasteiger partial charge on any atom is 0.248 e. The lowest BCUT2D eigenvalue weighted by Gasteiger charge is -2.24. The van der Waals surface area contributed by atoms with Gasteiger partial charge in [0.25, 0.3) is 0 Å². The summed E-state index contributed by atoms with van der Waals surface area (Å²) < 4.78 is 12.5. The second-order valence-corrected chi connectivity index (χ2v) is 6.08. The summed E-state index contributed by atoms with van der Waals surface area (Å²) in [6.45, 7) is 2.07. The number of hydrogen-bond acceptors (Lipinski definition) is 6. The smallest absolute Gasteiger partial charge is 0.248 e. The minimum Gasteiger partial charge on any atom is -0.493 e. The number of tetrazole rings is 1. The summed E-state index contributed by atoms with van der Waals surface area (Å²) in [5.74, 6) is 1.96. The highest BCUT2D eigenvalue weighted by Gasteiger charge is 2.24. The number of rotatable bonds is 4. The Morgan fingerprint density at radius 3 is 2.50 bits per heavy atom. The van der Waals surface area contributed by atoms with E-state index in [1.165, 1.54) is 5.56 Å². The summed E-state index contributed by atoms with van der Waals surface area (Å²) in [7, 11) is 3.25. The zero-order chi connectivity index (χ0) is 18.1. The molecule has 0 aliphatic carbocycles. The number of methoxy groups -OCH3 is 2. The number of aryl methyl sites for hydroxylation is 1. The van der Waals surface area contributed by atoms with E-state index in [0.29, 0.717) is 17.4 Å². The zero-order valence-electron chi connectivity index (χ0n) is 14.8. The molecule has 26 heavy (non-hydrogen) atoms. The van der Waals surface area contributed by atoms with Gasteiger partial charge in [-0.05, 0) is 47.2 Å². The van der Waals surface area contributed by atoms with Gasteiger partial charge in [0.15, 0.2) is 11.5 Å². The highest BCUT2D eigenvalue weighted by Crippen LogP contribution is 2.35. The van der Waals surface area contributed by atoms with Gasteiger partial charge in [-0.15, -0.1) is 0 Å². The van der Waals surface area contributed by atoms with Crippen LogP contribution in [0.4, 0.5) is 5.95 Å². The third kappa shape index (κ3) is 2.77. The van der Waals surface area contributed by atoms with Gasteiger partial charge in [0.05, 0.1) is 14.2 Å². The van der Waals surface area contributed by atoms with Crippen molar-refractivity contribution in [2.24, 2.45) is 0 Å². The molecule has 4 rings (SSSR count). The van der Waals surface area contributed by atoms with Crippen molar-refractivity contribution < 1.29 is 9.47 Å². The highest BCUT2D eigenvalue weighted by molar-refractivity contribution is 5.78. The third-order valence-corrected chi connectivity index (χ3v) is 4.44. The number of allylic oxidation sites excluding steroid dienone is 1. The minimum absolute atomic E-state index is 0.0926. The summed E-state index contributed by atoms with van der Waals surface area (Å²) in [5.41, 5.74) is 4.21. The second kappa shape index (κ2) is 6.51. The Bertz CT molecular complexity index is 962. The molecule has 0 saturated heterocycles. The van der Waals surface area contributed by atoms with Crippen molar-refractivity contribution in [1.29, 1.82) is 0 Å². The Morgan fingerprint density at radius 1 is 1.00 bits per heavy atom. The molecule has 0 amide bonds. The molecule has 132 valence electrons. The highest BCUT2D eigenvalue weighted by atomic mass is 16.5. The number of fused-ring (bicyclic) bond motifs is 1. The monoisotopic (exact) mass is 349 g/mol. The second-order valence-electron chi connectivity index (χ2n) is 6.08. The van der Waals surface area contributed by atoms with Gasteiger partial charge in [-0.25, -0.2) is 0 Å². The van der Waals surface area contributed by atoms with E-state index in [4.69, 9.17) is 9.47 Å². The van der Waals surface area contributed by atoms with Crippen LogP contribution < -0.4 is 14.8 Å². The van der Waals surface area contributed by atoms with Crippen LogP contribution in [0.15, 0.2) is 48.5 Å². The maximum atomic E-state index is 5.42. The normalized spacial score (nSPS) is 15.7. The predicted octanol–water partition coefficient (Wildman–Crippen LogP) is 3.05. The van der Waals surface area contributed by atoms with Crippen LogP contribution in [0.1, 0.15) is 22.7 Å². The van der Waals surface area contributed by atoms with Gasteiger partial charge in [0.1, 0.15) is 6.04 Å². The molecule has 7 heteroatoms. The lowest BCUT2D eigenvalue weighted by atomic mass is 10.0. The first-order valence-corrected chi connectivity index (χ1v) is 8.25. The van der Waals surface area contributed by atoms with E-state index in [-0.39, 0.29) is 6.04 Å². The molecule has 1 aliphatic rings. The molecular formula is C19H19N5O2. The van der Waals surface area contributed by atoms with Gasteiger partial charge in [-0.1, -0.05) is 34.9 Å². The summed E-state index contributed by atoms with van der Waals surface area (Å²) >= 11 is 0. The van der Waals surface area contributed by atoms with E-state index < -0.39 is 0 Å². The first-order chi connectivity index (χ1) is 12.7. The van der Waals surface area contributed by atoms with Gasteiger partial charge in [-0.3, -0.25) is 0 Å². The molecule has 0 radical (unpaired) electrons. The van der Waals surface area contributed by atoms with Crippen LogP contribution in [0.5, 0.6) is 11.5 Å². The molecule has 0 saturated carbocycles. The molecule has 1 aromatic heterocycles. The lowest BCUT2D eigenvalue weighted by molar-refractivity contribution is 0.355. The van der Waals surface area contributed by atoms with Gasteiger partial charge < -0.3 is 14.8 Å². The fourth-order valence-corrected chi connectivity index (χ4v) is 3.03. The zero-order valence-corrected chi connectivity index (χ0v) is 14.8. The van der Waals surface area contributed by atoms with Crippen LogP contribution in [0, 0.1) is 6.92 Å². The van der Waals surface area contributed by atoms with Crippen molar-refractivity contribution in [2.75, 3.05) is 19.5 Å². The SMILES string of the molecule is COc1ccc(C2=C[C@@H](c3ccc(C)cc3)n3nnnc3N2)cc1OC. The topological polar surface area (TPSA) is 74.1 Å². The van der Waals surface area contributed by atoms with Crippen LogP contribution in [0.2, 0.25) is 0 Å². The third-order valence-electron chi connectivity index (χ3n) is 4.44. The summed E-state index contributed by atoms with van der Waals surface area (Å²) in [6, 6.07) is 14.1. The fourth-order valence-electron chi connectivity index (χ4n) is 3.03. The number of nitrogens with zero attached hydrogens (tertiary/aromatic N) is 4. The Morgan fingerprint density at radius 2 is 1.77 bits per heavy atom. The number of nitrogens with one attached hydrogen (secondary N) is 1. The van der Waals surface area contributed by atoms with Gasteiger partial charge in [0.2, 0.25) is 5.95 Å². The number of ether oxygens (including phenoxy) is 2. The molecule has 0 fully saturated rings. The molecule has 7 nitrogen and oxygen atoms in total. The molecule has 0 unspecified atom stereocenters. The number of hydrogen-bond donors (Lipinski definition) is 1. The maximum absolute atomic E-state index is 5.42. The number of aromatic nitrogens is 4. The molecule has 1 aliphatic heterocycles. The largest absolute Gasteiger partial charge is 0.493 e. The molecule has 0 spiro atoms. The van der Waals surface area contributed by atoms with E-state index in [9.17, 15) is 0 Å². The van der Waals surface area contributed by atoms with Crippen LogP contribution in [-0.4, -0.2) is 34.4 Å². The van der Waals surface area contributed by atoms with Gasteiger partial charge in [-0.2, -0.15) is 4.68 Å². The molecule has 1 N–H and O–H groups in total. The molecule has 3 aromatic rings. The van der Waals surface area contributed by atoms with Crippen molar-refractivity contribution in [3.63, 3.8) is 0 Å². The van der Waals surface area contributed by atoms with Crippen molar-refractivity contribution in [3.05, 3.63) is 65.2 Å². The van der Waals surface area contributed by atoms with Crippen LogP contribution in [-0.2, 0) is 0 Å². The Kier molecular flexibility index (Phi) is 4.04. The Labute approximate surface area is 151 Å². The summed E-state index contributed by atoms with van der Waals surface area (Å²) in [4.78, 5) is 0. The molecular weight excluding hydrogens is 330 g/mol. The molecule has 0 bridgehead atoms. The summed E-state index contributed by atoms with van der Waals surface area (Å²) in [5, 5.41) is 15.3. The molecule has 2 heterocycles. The van der Waals surface area contributed by atoms with Crippen molar-refractivity contribution in [1.82, 2.24) is 20.2 Å². The van der Waals surface area contributed by atoms with Crippen LogP contribution in [0.25, 0.3) is 5.70 Å². The number of benzene rings is 2. The Hall–Kier alpha value is -3.35. The van der Waals surface area contributed by atoms with E-state index in [2.05, 4.69) is 58.1 Å². The lowest BCUT2D eigenvalue weighted by Crippen LogP contribution is -2.20. The van der Waals surface area contributed by atoms with Gasteiger partial charge in [0, 0.05) is 11.3 Å². The van der Waals surface area contributed by atoms with Crippen molar-refractivity contribution >= 4 is 11.6 Å². The first-order valence-electron chi connectivity index (χ1n) is 8.25. The molecule has 2 aromatic carbocycles. The van der Waals surface area contributed by atoms with Gasteiger partial charge >= 0.3 is 0 Å². The predicted molar refractivity (Wildman–Crippen MR) is 98.3 cm³/mol. The minimum atomic E-state index is -0.0926. The standard InChI is InChI=1S/C19H19N5O2/c1-12-4-6-13(7-5-12)16-11-15(20-19-21-22-23-24(16)19)14-8-9-17(25-2)18(10-14)26-3/h4-11,16H,1-3H3,(H,20,21,23)/t16-/m0/s1. The number of anilines is 1. The van der Waals surface area contributed by atoms with E-state index >= 15 is 0 Å². The van der Waals surface area contributed by atoms with Crippen molar-refractivity contribution in [3.8, 4) is 11.5 Å². The van der Waals surface area contributed by atoms with Crippen LogP contribution in [0.3, 0.4) is 0 Å².